The summed E-state index contributed by atoms with van der Waals surface area (Å²) in [4.78, 5) is 22.1. The maximum atomic E-state index is 11.5. The number of nitrogens with one attached hydrogen (secondary N) is 1. The van der Waals surface area contributed by atoms with Crippen molar-refractivity contribution in [2.45, 2.75) is 13.8 Å². The van der Waals surface area contributed by atoms with E-state index in [2.05, 4.69) is 5.32 Å². The first-order chi connectivity index (χ1) is 6.56. The van der Waals surface area contributed by atoms with Crippen LogP contribution in [0.5, 0.6) is 0 Å². The van der Waals surface area contributed by atoms with Gasteiger partial charge in [0.05, 0.1) is 5.41 Å². The minimum atomic E-state index is -0.976. The molecule has 0 spiro atoms. The predicted octanol–water partition coefficient (Wildman–Crippen LogP) is 1.85. The van der Waals surface area contributed by atoms with Crippen molar-refractivity contribution in [1.82, 2.24) is 0 Å². The molecule has 0 saturated heterocycles. The molecule has 0 heterocycles. The lowest BCUT2D eigenvalue weighted by Crippen LogP contribution is -2.31. The number of anilines is 1. The monoisotopic (exact) mass is 191 g/mol. The van der Waals surface area contributed by atoms with Crippen molar-refractivity contribution in [2.24, 2.45) is 5.41 Å². The molecule has 0 aliphatic heterocycles. The molecular weight excluding hydrogens is 178 g/mol. The number of carbonyl (C=O) groups excluding carboxylic acids is 2. The van der Waals surface area contributed by atoms with Crippen LogP contribution in [0, 0.1) is 5.41 Å². The van der Waals surface area contributed by atoms with Crippen LogP contribution in [0.2, 0.25) is 0 Å². The zero-order chi connectivity index (χ0) is 10.6. The molecule has 0 aromatic heterocycles. The summed E-state index contributed by atoms with van der Waals surface area (Å²) in [6.07, 6.45) is 0.644. The van der Waals surface area contributed by atoms with Gasteiger partial charge in [-0.2, -0.15) is 0 Å². The molecule has 3 nitrogen and oxygen atoms in total. The third-order valence-corrected chi connectivity index (χ3v) is 1.91. The molecule has 1 amide bonds. The van der Waals surface area contributed by atoms with Crippen LogP contribution in [-0.4, -0.2) is 12.2 Å². The van der Waals surface area contributed by atoms with Crippen molar-refractivity contribution in [2.75, 3.05) is 5.32 Å². The first-order valence-corrected chi connectivity index (χ1v) is 4.39. The summed E-state index contributed by atoms with van der Waals surface area (Å²) < 4.78 is 0. The minimum absolute atomic E-state index is 0.293. The highest BCUT2D eigenvalue weighted by Crippen LogP contribution is 2.15. The second-order valence-corrected chi connectivity index (χ2v) is 3.66. The smallest absolute Gasteiger partial charge is 0.237 e. The van der Waals surface area contributed by atoms with Gasteiger partial charge in [0.2, 0.25) is 5.91 Å². The van der Waals surface area contributed by atoms with Gasteiger partial charge >= 0.3 is 0 Å². The molecule has 3 heteroatoms. The van der Waals surface area contributed by atoms with E-state index < -0.39 is 5.41 Å². The first-order valence-electron chi connectivity index (χ1n) is 4.39. The van der Waals surface area contributed by atoms with E-state index in [1.165, 1.54) is 0 Å². The lowest BCUT2D eigenvalue weighted by atomic mass is 9.95. The fourth-order valence-corrected chi connectivity index (χ4v) is 0.867. The minimum Gasteiger partial charge on any atom is -0.325 e. The van der Waals surface area contributed by atoms with E-state index in [9.17, 15) is 9.59 Å². The Hall–Kier alpha value is -1.64. The number of hydrogen-bond acceptors (Lipinski definition) is 2. The van der Waals surface area contributed by atoms with Crippen LogP contribution in [-0.2, 0) is 9.59 Å². The van der Waals surface area contributed by atoms with Gasteiger partial charge < -0.3 is 10.1 Å². The SMILES string of the molecule is CC(C)(C=O)C(=O)Nc1ccccc1. The average Bonchev–Trinajstić information content (AvgIpc) is 2.19. The van der Waals surface area contributed by atoms with Crippen LogP contribution in [0.3, 0.4) is 0 Å². The van der Waals surface area contributed by atoms with E-state index in [1.54, 1.807) is 26.0 Å². The topological polar surface area (TPSA) is 46.2 Å². The molecule has 0 fully saturated rings. The van der Waals surface area contributed by atoms with Gasteiger partial charge in [-0.1, -0.05) is 18.2 Å². The Morgan fingerprint density at radius 3 is 2.36 bits per heavy atom. The number of aldehydes is 1. The Balaban J connectivity index is 2.72. The Morgan fingerprint density at radius 2 is 1.86 bits per heavy atom. The van der Waals surface area contributed by atoms with E-state index >= 15 is 0 Å². The first kappa shape index (κ1) is 10.4. The van der Waals surface area contributed by atoms with Crippen molar-refractivity contribution in [3.05, 3.63) is 30.3 Å². The second-order valence-electron chi connectivity index (χ2n) is 3.66. The number of amides is 1. The van der Waals surface area contributed by atoms with Crippen molar-refractivity contribution >= 4 is 17.9 Å². The van der Waals surface area contributed by atoms with Gasteiger partial charge in [-0.15, -0.1) is 0 Å². The molecule has 74 valence electrons. The van der Waals surface area contributed by atoms with Gasteiger partial charge in [0.1, 0.15) is 6.29 Å². The fourth-order valence-electron chi connectivity index (χ4n) is 0.867. The van der Waals surface area contributed by atoms with E-state index in [0.717, 1.165) is 0 Å². The third-order valence-electron chi connectivity index (χ3n) is 1.91. The van der Waals surface area contributed by atoms with Gasteiger partial charge in [-0.05, 0) is 26.0 Å². The van der Waals surface area contributed by atoms with Gasteiger partial charge in [-0.25, -0.2) is 0 Å². The standard InChI is InChI=1S/C11H13NO2/c1-11(2,8-13)10(14)12-9-6-4-3-5-7-9/h3-8H,1-2H3,(H,12,14). The number of benzene rings is 1. The molecule has 1 rings (SSSR count). The van der Waals surface area contributed by atoms with E-state index in [-0.39, 0.29) is 5.91 Å². The largest absolute Gasteiger partial charge is 0.325 e. The maximum absolute atomic E-state index is 11.5. The van der Waals surface area contributed by atoms with Crippen LogP contribution >= 0.6 is 0 Å². The molecule has 0 bridgehead atoms. The Kier molecular flexibility index (Phi) is 3.02. The van der Waals surface area contributed by atoms with Crippen molar-refractivity contribution in [3.63, 3.8) is 0 Å². The summed E-state index contributed by atoms with van der Waals surface area (Å²) in [7, 11) is 0. The highest BCUT2D eigenvalue weighted by molar-refractivity contribution is 6.03. The zero-order valence-electron chi connectivity index (χ0n) is 8.28. The Labute approximate surface area is 83.1 Å². The number of hydrogen-bond donors (Lipinski definition) is 1. The second kappa shape index (κ2) is 4.05. The summed E-state index contributed by atoms with van der Waals surface area (Å²) in [6.45, 7) is 3.16. The van der Waals surface area contributed by atoms with Crippen LogP contribution in [0.4, 0.5) is 5.69 Å². The van der Waals surface area contributed by atoms with Crippen molar-refractivity contribution in [3.8, 4) is 0 Å². The summed E-state index contributed by atoms with van der Waals surface area (Å²) in [5, 5.41) is 2.66. The molecule has 1 aromatic carbocycles. The summed E-state index contributed by atoms with van der Waals surface area (Å²) in [5.74, 6) is -0.293. The molecule has 1 N–H and O–H groups in total. The lowest BCUT2D eigenvalue weighted by Gasteiger charge is -2.15. The number of para-hydroxylation sites is 1. The number of rotatable bonds is 3. The molecular formula is C11H13NO2. The Bertz CT molecular complexity index is 330. The molecule has 0 unspecified atom stereocenters. The van der Waals surface area contributed by atoms with Crippen LogP contribution < -0.4 is 5.32 Å². The van der Waals surface area contributed by atoms with Gasteiger partial charge in [0, 0.05) is 5.69 Å². The predicted molar refractivity (Wildman–Crippen MR) is 54.9 cm³/mol. The molecule has 14 heavy (non-hydrogen) atoms. The van der Waals surface area contributed by atoms with Gasteiger partial charge in [-0.3, -0.25) is 4.79 Å². The third kappa shape index (κ3) is 2.42. The molecule has 1 aromatic rings. The molecule has 0 atom stereocenters. The quantitative estimate of drug-likeness (QED) is 0.585. The molecule has 0 aliphatic rings. The fraction of sp³-hybridized carbons (Fsp3) is 0.273. The lowest BCUT2D eigenvalue weighted by molar-refractivity contribution is -0.130. The summed E-state index contributed by atoms with van der Waals surface area (Å²) >= 11 is 0. The Morgan fingerprint density at radius 1 is 1.29 bits per heavy atom. The highest BCUT2D eigenvalue weighted by Gasteiger charge is 2.26. The maximum Gasteiger partial charge on any atom is 0.237 e. The molecule has 0 aliphatic carbocycles. The van der Waals surface area contributed by atoms with Crippen molar-refractivity contribution in [1.29, 1.82) is 0 Å². The van der Waals surface area contributed by atoms with Crippen molar-refractivity contribution < 1.29 is 9.59 Å². The van der Waals surface area contributed by atoms with E-state index in [0.29, 0.717) is 12.0 Å². The zero-order valence-corrected chi connectivity index (χ0v) is 8.28. The molecule has 0 saturated carbocycles. The van der Waals surface area contributed by atoms with Crippen LogP contribution in [0.25, 0.3) is 0 Å². The van der Waals surface area contributed by atoms with Gasteiger partial charge in [0.25, 0.3) is 0 Å². The van der Waals surface area contributed by atoms with E-state index in [1.807, 2.05) is 18.2 Å². The number of carbonyl (C=O) groups is 2. The summed E-state index contributed by atoms with van der Waals surface area (Å²) in [5.41, 5.74) is -0.275. The molecule has 0 radical (unpaired) electrons. The average molecular weight is 191 g/mol. The highest BCUT2D eigenvalue weighted by atomic mass is 16.2. The normalized spacial score (nSPS) is 10.7. The van der Waals surface area contributed by atoms with Crippen LogP contribution in [0.15, 0.2) is 30.3 Å². The van der Waals surface area contributed by atoms with Gasteiger partial charge in [0.15, 0.2) is 0 Å². The van der Waals surface area contributed by atoms with E-state index in [4.69, 9.17) is 0 Å². The van der Waals surface area contributed by atoms with Crippen LogP contribution in [0.1, 0.15) is 13.8 Å². The summed E-state index contributed by atoms with van der Waals surface area (Å²) in [6, 6.07) is 9.06.